The first kappa shape index (κ1) is 18.0. The lowest BCUT2D eigenvalue weighted by molar-refractivity contribution is -0.139. The van der Waals surface area contributed by atoms with Gasteiger partial charge in [-0.15, -0.1) is 0 Å². The van der Waals surface area contributed by atoms with Gasteiger partial charge in [0.15, 0.2) is 8.38 Å². The van der Waals surface area contributed by atoms with Crippen molar-refractivity contribution >= 4 is 21.9 Å². The Morgan fingerprint density at radius 2 is 1.56 bits per heavy atom. The van der Waals surface area contributed by atoms with E-state index >= 15 is 0 Å². The number of rotatable bonds is 9. The normalized spacial score (nSPS) is 13.7. The van der Waals surface area contributed by atoms with Gasteiger partial charge in [-0.05, 0) is 13.8 Å². The molecule has 0 saturated heterocycles. The van der Waals surface area contributed by atoms with E-state index in [4.69, 9.17) is 18.1 Å². The summed E-state index contributed by atoms with van der Waals surface area (Å²) >= 11 is 0. The average Bonchev–Trinajstić information content (AvgIpc) is 2.38. The van der Waals surface area contributed by atoms with Gasteiger partial charge < -0.3 is 22.8 Å². The number of methoxy groups -OCH3 is 1. The fraction of sp³-hybridized carbons (Fsp3) is 0.889. The van der Waals surface area contributed by atoms with Crippen LogP contribution < -0.4 is 0 Å². The van der Waals surface area contributed by atoms with Gasteiger partial charge in [0.05, 0.1) is 20.3 Å². The van der Waals surface area contributed by atoms with Crippen molar-refractivity contribution in [2.45, 2.75) is 19.2 Å². The molecule has 7 nitrogen and oxygen atoms in total. The van der Waals surface area contributed by atoms with Crippen LogP contribution in [0, 0.1) is 0 Å². The van der Waals surface area contributed by atoms with E-state index in [2.05, 4.69) is 4.74 Å². The van der Waals surface area contributed by atoms with Crippen LogP contribution in [0.1, 0.15) is 13.8 Å². The van der Waals surface area contributed by atoms with Crippen LogP contribution in [0.5, 0.6) is 0 Å². The average molecular weight is 302 g/mol. The van der Waals surface area contributed by atoms with E-state index in [0.29, 0.717) is 13.2 Å². The summed E-state index contributed by atoms with van der Waals surface area (Å²) in [6, 6.07) is 0. The lowest BCUT2D eigenvalue weighted by atomic mass is 10.8. The third-order valence-corrected chi connectivity index (χ3v) is 6.81. The molecule has 0 spiro atoms. The second-order valence-corrected chi connectivity index (χ2v) is 7.26. The van der Waals surface area contributed by atoms with E-state index in [1.807, 2.05) is 0 Å². The van der Waals surface area contributed by atoms with Crippen LogP contribution in [0.15, 0.2) is 0 Å². The third-order valence-electron chi connectivity index (χ3n) is 1.93. The second-order valence-electron chi connectivity index (χ2n) is 2.92. The van der Waals surface area contributed by atoms with Gasteiger partial charge in [0.25, 0.3) is 0 Å². The molecule has 1 unspecified atom stereocenters. The minimum atomic E-state index is -3.68. The van der Waals surface area contributed by atoms with Crippen LogP contribution in [0.4, 0.5) is 0 Å². The molecular formula is C9H20O7P2. The Balaban J connectivity index is 5.29. The Morgan fingerprint density at radius 1 is 1.11 bits per heavy atom. The van der Waals surface area contributed by atoms with Crippen LogP contribution >= 0.6 is 16.0 Å². The zero-order valence-corrected chi connectivity index (χ0v) is 13.0. The summed E-state index contributed by atoms with van der Waals surface area (Å²) in [5, 5.41) is -1.22. The van der Waals surface area contributed by atoms with Crippen molar-refractivity contribution in [3.05, 3.63) is 0 Å². The summed E-state index contributed by atoms with van der Waals surface area (Å²) in [5.74, 6) is -0.741. The zero-order valence-electron chi connectivity index (χ0n) is 11.2. The van der Waals surface area contributed by atoms with Crippen molar-refractivity contribution in [2.75, 3.05) is 34.5 Å². The van der Waals surface area contributed by atoms with E-state index in [0.717, 1.165) is 0 Å². The molecule has 0 amide bonds. The van der Waals surface area contributed by atoms with Crippen molar-refractivity contribution in [3.8, 4) is 0 Å². The highest BCUT2D eigenvalue weighted by atomic mass is 31.2. The summed E-state index contributed by atoms with van der Waals surface area (Å²) in [5.41, 5.74) is 0. The highest BCUT2D eigenvalue weighted by Crippen LogP contribution is 2.65. The Bertz CT molecular complexity index is 283. The molecule has 0 radical (unpaired) electrons. The zero-order chi connectivity index (χ0) is 14.2. The predicted octanol–water partition coefficient (Wildman–Crippen LogP) is 2.36. The Labute approximate surface area is 109 Å². The van der Waals surface area contributed by atoms with Crippen molar-refractivity contribution in [1.82, 2.24) is 0 Å². The number of hydrogen-bond donors (Lipinski definition) is 0. The van der Waals surface area contributed by atoms with Crippen LogP contribution in [0.2, 0.25) is 0 Å². The summed E-state index contributed by atoms with van der Waals surface area (Å²) in [7, 11) is -1.84. The first-order valence-electron chi connectivity index (χ1n) is 5.34. The molecule has 0 aromatic rings. The smallest absolute Gasteiger partial charge is 0.353 e. The minimum Gasteiger partial charge on any atom is -0.468 e. The van der Waals surface area contributed by atoms with Gasteiger partial charge in [-0.3, -0.25) is 9.36 Å². The van der Waals surface area contributed by atoms with Gasteiger partial charge in [0, 0.05) is 14.2 Å². The van der Waals surface area contributed by atoms with Crippen LogP contribution in [-0.2, 0) is 32.2 Å². The minimum absolute atomic E-state index is 0.312. The molecule has 0 rings (SSSR count). The maximum absolute atomic E-state index is 12.4. The maximum atomic E-state index is 12.4. The summed E-state index contributed by atoms with van der Waals surface area (Å²) < 4.78 is 37.3. The molecule has 0 aromatic heterocycles. The van der Waals surface area contributed by atoms with Crippen LogP contribution in [0.25, 0.3) is 0 Å². The van der Waals surface area contributed by atoms with Crippen molar-refractivity contribution in [3.63, 3.8) is 0 Å². The fourth-order valence-corrected chi connectivity index (χ4v) is 5.09. The van der Waals surface area contributed by atoms with Gasteiger partial charge in [-0.1, -0.05) is 0 Å². The second kappa shape index (κ2) is 8.97. The van der Waals surface area contributed by atoms with E-state index in [1.54, 1.807) is 13.8 Å². The molecule has 0 aliphatic rings. The number of ether oxygens (including phenoxy) is 1. The Hall–Kier alpha value is -0.0300. The molecule has 9 heteroatoms. The van der Waals surface area contributed by atoms with Gasteiger partial charge >= 0.3 is 13.6 Å². The van der Waals surface area contributed by atoms with E-state index in [9.17, 15) is 9.36 Å². The predicted molar refractivity (Wildman–Crippen MR) is 67.6 cm³/mol. The Morgan fingerprint density at radius 3 is 1.83 bits per heavy atom. The molecule has 0 N–H and O–H groups in total. The van der Waals surface area contributed by atoms with Gasteiger partial charge in [-0.25, -0.2) is 0 Å². The first-order valence-corrected chi connectivity index (χ1v) is 8.20. The van der Waals surface area contributed by atoms with Crippen molar-refractivity contribution in [1.29, 1.82) is 0 Å². The fourth-order valence-electron chi connectivity index (χ4n) is 1.14. The number of hydrogen-bond acceptors (Lipinski definition) is 7. The third kappa shape index (κ3) is 4.57. The molecule has 0 fully saturated rings. The standard InChI is InChI=1S/C9H20O7P2/c1-6-15-17(16-7-2)9(8(10)12-3)18(11,13-4)14-5/h9H,6-7H2,1-5H3. The Kier molecular flexibility index (Phi) is 8.95. The van der Waals surface area contributed by atoms with E-state index in [-0.39, 0.29) is 0 Å². The molecule has 0 aliphatic heterocycles. The molecular weight excluding hydrogens is 282 g/mol. The monoisotopic (exact) mass is 302 g/mol. The summed E-state index contributed by atoms with van der Waals surface area (Å²) in [4.78, 5) is 11.8. The van der Waals surface area contributed by atoms with Gasteiger partial charge in [0.2, 0.25) is 5.40 Å². The number of carbonyl (C=O) groups is 1. The summed E-state index contributed by atoms with van der Waals surface area (Å²) in [6.07, 6.45) is 0. The number of carbonyl (C=O) groups excluding carboxylic acids is 1. The van der Waals surface area contributed by atoms with Crippen molar-refractivity contribution < 1.29 is 32.2 Å². The quantitative estimate of drug-likeness (QED) is 0.477. The molecule has 0 aromatic carbocycles. The lowest BCUT2D eigenvalue weighted by Gasteiger charge is -2.27. The molecule has 108 valence electrons. The molecule has 18 heavy (non-hydrogen) atoms. The molecule has 0 bridgehead atoms. The SMILES string of the molecule is CCOP(OCC)C(C(=O)OC)P(=O)(OC)OC. The van der Waals surface area contributed by atoms with Crippen molar-refractivity contribution in [2.24, 2.45) is 0 Å². The van der Waals surface area contributed by atoms with Gasteiger partial charge in [-0.2, -0.15) is 0 Å². The van der Waals surface area contributed by atoms with Crippen LogP contribution in [0.3, 0.4) is 0 Å². The largest absolute Gasteiger partial charge is 0.468 e. The lowest BCUT2D eigenvalue weighted by Crippen LogP contribution is -2.24. The first-order chi connectivity index (χ1) is 8.50. The van der Waals surface area contributed by atoms with Gasteiger partial charge in [0.1, 0.15) is 0 Å². The highest BCUT2D eigenvalue weighted by molar-refractivity contribution is 7.71. The summed E-state index contributed by atoms with van der Waals surface area (Å²) in [6.45, 7) is 4.11. The topological polar surface area (TPSA) is 80.3 Å². The van der Waals surface area contributed by atoms with E-state index in [1.165, 1.54) is 21.3 Å². The highest BCUT2D eigenvalue weighted by Gasteiger charge is 2.49. The number of esters is 1. The van der Waals surface area contributed by atoms with Crippen LogP contribution in [-0.4, -0.2) is 45.9 Å². The molecule has 1 atom stereocenters. The maximum Gasteiger partial charge on any atom is 0.353 e. The molecule has 0 saturated carbocycles. The van der Waals surface area contributed by atoms with E-state index < -0.39 is 27.3 Å². The molecule has 0 aliphatic carbocycles. The molecule has 0 heterocycles.